The van der Waals surface area contributed by atoms with E-state index in [9.17, 15) is 4.79 Å². The molecular weight excluding hydrogens is 276 g/mol. The molecule has 4 nitrogen and oxygen atoms in total. The van der Waals surface area contributed by atoms with Crippen molar-refractivity contribution in [3.8, 4) is 0 Å². The second-order valence-corrected chi connectivity index (χ2v) is 5.90. The maximum Gasteiger partial charge on any atom is 0.170 e. The summed E-state index contributed by atoms with van der Waals surface area (Å²) in [6.07, 6.45) is 5.24. The van der Waals surface area contributed by atoms with Gasteiger partial charge in [0, 0.05) is 13.7 Å². The highest BCUT2D eigenvalue weighted by molar-refractivity contribution is 6.32. The Kier molecular flexibility index (Phi) is 4.86. The maximum atomic E-state index is 12.7. The predicted molar refractivity (Wildman–Crippen MR) is 79.2 cm³/mol. The van der Waals surface area contributed by atoms with Gasteiger partial charge in [0.15, 0.2) is 5.78 Å². The van der Waals surface area contributed by atoms with Crippen LogP contribution >= 0.6 is 11.6 Å². The van der Waals surface area contributed by atoms with E-state index in [1.54, 1.807) is 7.11 Å². The van der Waals surface area contributed by atoms with E-state index in [1.165, 1.54) is 6.42 Å². The number of carbonyl (C=O) groups is 1. The highest BCUT2D eigenvalue weighted by Gasteiger charge is 2.39. The molecule has 1 saturated carbocycles. The summed E-state index contributed by atoms with van der Waals surface area (Å²) in [6, 6.07) is 0. The number of hydrogen-bond acceptors (Lipinski definition) is 3. The molecule has 20 heavy (non-hydrogen) atoms. The molecule has 0 bridgehead atoms. The lowest BCUT2D eigenvalue weighted by atomic mass is 9.80. The molecule has 0 aliphatic heterocycles. The van der Waals surface area contributed by atoms with Crippen LogP contribution in [0.3, 0.4) is 0 Å². The van der Waals surface area contributed by atoms with Gasteiger partial charge in [0.25, 0.3) is 0 Å². The average molecular weight is 299 g/mol. The van der Waals surface area contributed by atoms with Gasteiger partial charge < -0.3 is 4.74 Å². The molecular formula is C15H23ClN2O2. The summed E-state index contributed by atoms with van der Waals surface area (Å²) in [5, 5.41) is 4.98. The lowest BCUT2D eigenvalue weighted by Crippen LogP contribution is -2.43. The topological polar surface area (TPSA) is 44.1 Å². The molecule has 1 aromatic heterocycles. The quantitative estimate of drug-likeness (QED) is 0.837. The Morgan fingerprint density at radius 3 is 2.60 bits per heavy atom. The van der Waals surface area contributed by atoms with Crippen molar-refractivity contribution in [1.29, 1.82) is 0 Å². The number of carbonyl (C=O) groups excluding carboxylic acids is 1. The Morgan fingerprint density at radius 1 is 1.40 bits per heavy atom. The molecule has 1 fully saturated rings. The summed E-state index contributed by atoms with van der Waals surface area (Å²) >= 11 is 6.29. The van der Waals surface area contributed by atoms with E-state index in [1.807, 2.05) is 18.5 Å². The summed E-state index contributed by atoms with van der Waals surface area (Å²) in [4.78, 5) is 12.7. The number of nitrogens with zero attached hydrogens (tertiary/aromatic N) is 2. The first-order valence-corrected chi connectivity index (χ1v) is 7.72. The van der Waals surface area contributed by atoms with Gasteiger partial charge in [-0.1, -0.05) is 30.9 Å². The third-order valence-corrected chi connectivity index (χ3v) is 4.83. The number of ketones is 1. The van der Waals surface area contributed by atoms with Crippen molar-refractivity contribution in [2.75, 3.05) is 7.11 Å². The van der Waals surface area contributed by atoms with E-state index in [4.69, 9.17) is 16.3 Å². The first-order valence-electron chi connectivity index (χ1n) is 7.34. The number of halogens is 1. The fourth-order valence-corrected chi connectivity index (χ4v) is 3.27. The standard InChI is InChI=1S/C15H23ClN2O2/c1-4-18-12(14(16)11(2)17-18)10-13(19)15(20-3)8-6-5-7-9-15/h4-10H2,1-3H3. The van der Waals surface area contributed by atoms with Crippen LogP contribution in [0.15, 0.2) is 0 Å². The fraction of sp³-hybridized carbons (Fsp3) is 0.733. The molecule has 2 rings (SSSR count). The molecule has 0 amide bonds. The van der Waals surface area contributed by atoms with Crippen LogP contribution < -0.4 is 0 Å². The number of rotatable bonds is 5. The minimum atomic E-state index is -0.613. The smallest absolute Gasteiger partial charge is 0.170 e. The lowest BCUT2D eigenvalue weighted by molar-refractivity contribution is -0.144. The van der Waals surface area contributed by atoms with E-state index in [0.717, 1.165) is 43.6 Å². The zero-order valence-electron chi connectivity index (χ0n) is 12.5. The molecule has 0 N–H and O–H groups in total. The average Bonchev–Trinajstić information content (AvgIpc) is 2.75. The van der Waals surface area contributed by atoms with Crippen molar-refractivity contribution in [3.63, 3.8) is 0 Å². The molecule has 5 heteroatoms. The number of aryl methyl sites for hydroxylation is 2. The van der Waals surface area contributed by atoms with Gasteiger partial charge in [0.2, 0.25) is 0 Å². The molecule has 1 heterocycles. The lowest BCUT2D eigenvalue weighted by Gasteiger charge is -2.34. The zero-order chi connectivity index (χ0) is 14.8. The van der Waals surface area contributed by atoms with Gasteiger partial charge in [-0.25, -0.2) is 0 Å². The van der Waals surface area contributed by atoms with E-state index < -0.39 is 5.60 Å². The normalized spacial score (nSPS) is 18.2. The third-order valence-electron chi connectivity index (χ3n) is 4.34. The summed E-state index contributed by atoms with van der Waals surface area (Å²) < 4.78 is 7.43. The van der Waals surface area contributed by atoms with Crippen LogP contribution in [-0.4, -0.2) is 28.3 Å². The highest BCUT2D eigenvalue weighted by Crippen LogP contribution is 2.33. The fourth-order valence-electron chi connectivity index (χ4n) is 3.07. The van der Waals surface area contributed by atoms with E-state index in [0.29, 0.717) is 11.4 Å². The number of hydrogen-bond donors (Lipinski definition) is 0. The minimum absolute atomic E-state index is 0.135. The molecule has 0 saturated heterocycles. The van der Waals surface area contributed by atoms with Crippen LogP contribution in [-0.2, 0) is 22.5 Å². The Bertz CT molecular complexity index is 490. The summed E-state index contributed by atoms with van der Waals surface area (Å²) in [5.74, 6) is 0.135. The van der Waals surface area contributed by atoms with Crippen LogP contribution in [0.5, 0.6) is 0 Å². The minimum Gasteiger partial charge on any atom is -0.370 e. The first kappa shape index (κ1) is 15.5. The molecule has 0 unspecified atom stereocenters. The van der Waals surface area contributed by atoms with Crippen LogP contribution in [0.2, 0.25) is 5.02 Å². The summed E-state index contributed by atoms with van der Waals surface area (Å²) in [7, 11) is 1.65. The zero-order valence-corrected chi connectivity index (χ0v) is 13.3. The monoisotopic (exact) mass is 298 g/mol. The van der Waals surface area contributed by atoms with E-state index in [2.05, 4.69) is 5.10 Å². The molecule has 112 valence electrons. The Balaban J connectivity index is 2.22. The summed E-state index contributed by atoms with van der Waals surface area (Å²) in [6.45, 7) is 4.59. The molecule has 0 atom stereocenters. The van der Waals surface area contributed by atoms with Crippen molar-refractivity contribution in [1.82, 2.24) is 9.78 Å². The Labute approximate surface area is 125 Å². The summed E-state index contributed by atoms with van der Waals surface area (Å²) in [5.41, 5.74) is 0.989. The van der Waals surface area contributed by atoms with Gasteiger partial charge in [-0.3, -0.25) is 9.48 Å². The van der Waals surface area contributed by atoms with E-state index in [-0.39, 0.29) is 5.78 Å². The van der Waals surface area contributed by atoms with Gasteiger partial charge in [-0.2, -0.15) is 5.10 Å². The highest BCUT2D eigenvalue weighted by atomic mass is 35.5. The second kappa shape index (κ2) is 6.27. The molecule has 1 aliphatic rings. The third kappa shape index (κ3) is 2.77. The molecule has 0 aromatic carbocycles. The van der Waals surface area contributed by atoms with Crippen LogP contribution in [0, 0.1) is 6.92 Å². The van der Waals surface area contributed by atoms with Crippen molar-refractivity contribution in [3.05, 3.63) is 16.4 Å². The van der Waals surface area contributed by atoms with Crippen molar-refractivity contribution >= 4 is 17.4 Å². The van der Waals surface area contributed by atoms with Gasteiger partial charge >= 0.3 is 0 Å². The van der Waals surface area contributed by atoms with E-state index >= 15 is 0 Å². The second-order valence-electron chi connectivity index (χ2n) is 5.52. The van der Waals surface area contributed by atoms with Crippen molar-refractivity contribution in [2.45, 2.75) is 64.5 Å². The predicted octanol–water partition coefficient (Wildman–Crippen LogP) is 3.33. The number of Topliss-reactive ketones (excluding diaryl/α,β-unsaturated/α-hetero) is 1. The number of ether oxygens (including phenoxy) is 1. The van der Waals surface area contributed by atoms with Gasteiger partial charge in [-0.05, 0) is 26.7 Å². The van der Waals surface area contributed by atoms with Gasteiger partial charge in [0.1, 0.15) is 5.60 Å². The van der Waals surface area contributed by atoms with Gasteiger partial charge in [-0.15, -0.1) is 0 Å². The number of methoxy groups -OCH3 is 1. The van der Waals surface area contributed by atoms with Crippen LogP contribution in [0.1, 0.15) is 50.4 Å². The largest absolute Gasteiger partial charge is 0.370 e. The SMILES string of the molecule is CCn1nc(C)c(Cl)c1CC(=O)C1(OC)CCCCC1. The van der Waals surface area contributed by atoms with Crippen LogP contribution in [0.4, 0.5) is 0 Å². The van der Waals surface area contributed by atoms with Gasteiger partial charge in [0.05, 0.1) is 22.8 Å². The molecule has 0 radical (unpaired) electrons. The Hall–Kier alpha value is -0.870. The van der Waals surface area contributed by atoms with Crippen LogP contribution in [0.25, 0.3) is 0 Å². The number of aromatic nitrogens is 2. The maximum absolute atomic E-state index is 12.7. The Morgan fingerprint density at radius 2 is 2.05 bits per heavy atom. The van der Waals surface area contributed by atoms with Crippen molar-refractivity contribution < 1.29 is 9.53 Å². The molecule has 0 spiro atoms. The molecule has 1 aliphatic carbocycles. The molecule has 1 aromatic rings. The first-order chi connectivity index (χ1) is 9.54. The van der Waals surface area contributed by atoms with Crippen molar-refractivity contribution in [2.24, 2.45) is 0 Å².